The van der Waals surface area contributed by atoms with Crippen LogP contribution in [0.4, 0.5) is 65.9 Å². The number of methoxy groups -OCH3 is 1. The highest BCUT2D eigenvalue weighted by molar-refractivity contribution is 5.17. The number of hydrogen-bond acceptors (Lipinski definition) is 1. The van der Waals surface area contributed by atoms with Gasteiger partial charge < -0.3 is 4.74 Å². The van der Waals surface area contributed by atoms with Gasteiger partial charge in [0.2, 0.25) is 0 Å². The summed E-state index contributed by atoms with van der Waals surface area (Å²) in [6, 6.07) is 0. The van der Waals surface area contributed by atoms with E-state index < -0.39 is 49.0 Å². The fourth-order valence-electron chi connectivity index (χ4n) is 1.39. The summed E-state index contributed by atoms with van der Waals surface area (Å²) in [5, 5.41) is 0. The van der Waals surface area contributed by atoms with Gasteiger partial charge in [-0.25, -0.2) is 4.39 Å². The molecule has 2 unspecified atom stereocenters. The maximum absolute atomic E-state index is 13.4. The van der Waals surface area contributed by atoms with Crippen LogP contribution in [0.2, 0.25) is 0 Å². The minimum Gasteiger partial charge on any atom is -0.338 e. The van der Waals surface area contributed by atoms with Crippen molar-refractivity contribution in [2.45, 2.75) is 41.9 Å². The lowest BCUT2D eigenvalue weighted by Crippen LogP contribution is -2.77. The van der Waals surface area contributed by atoms with Gasteiger partial charge in [-0.2, -0.15) is 61.5 Å². The molecular formula is C8H3F15O. The van der Waals surface area contributed by atoms with Gasteiger partial charge in [0.05, 0.1) is 0 Å². The zero-order chi connectivity index (χ0) is 20.2. The minimum absolute atomic E-state index is 0.746. The topological polar surface area (TPSA) is 9.23 Å². The lowest BCUT2D eigenvalue weighted by atomic mass is 9.84. The quantitative estimate of drug-likeness (QED) is 0.606. The van der Waals surface area contributed by atoms with E-state index in [0.29, 0.717) is 0 Å². The minimum atomic E-state index is -8.36. The Labute approximate surface area is 121 Å². The van der Waals surface area contributed by atoms with Crippen LogP contribution in [0.15, 0.2) is 0 Å². The largest absolute Gasteiger partial charge is 0.457 e. The summed E-state index contributed by atoms with van der Waals surface area (Å²) < 4.78 is 190. The molecule has 24 heavy (non-hydrogen) atoms. The molecule has 0 aliphatic carbocycles. The summed E-state index contributed by atoms with van der Waals surface area (Å²) in [4.78, 5) is 0. The molecule has 146 valence electrons. The van der Waals surface area contributed by atoms with E-state index in [9.17, 15) is 65.9 Å². The van der Waals surface area contributed by atoms with Gasteiger partial charge in [-0.1, -0.05) is 0 Å². The van der Waals surface area contributed by atoms with Gasteiger partial charge >= 0.3 is 41.9 Å². The van der Waals surface area contributed by atoms with E-state index in [-0.39, 0.29) is 0 Å². The Morgan fingerprint density at radius 3 is 0.958 bits per heavy atom. The van der Waals surface area contributed by atoms with Crippen molar-refractivity contribution in [2.24, 2.45) is 0 Å². The van der Waals surface area contributed by atoms with Crippen LogP contribution >= 0.6 is 0 Å². The standard InChI is InChI=1S/C8H3F15O/c1-24-5(14,8(21,22)23)3(10,11)2(9,6(15,16)17)4(12,13)7(18,19)20/h1H3. The molecule has 0 rings (SSSR count). The van der Waals surface area contributed by atoms with Crippen LogP contribution in [0.5, 0.6) is 0 Å². The van der Waals surface area contributed by atoms with E-state index in [0.717, 1.165) is 0 Å². The molecule has 0 bridgehead atoms. The number of halogens is 15. The second kappa shape index (κ2) is 5.45. The monoisotopic (exact) mass is 400 g/mol. The van der Waals surface area contributed by atoms with Crippen molar-refractivity contribution in [1.82, 2.24) is 0 Å². The SMILES string of the molecule is COC(F)(C(F)(F)F)C(F)(F)C(F)(C(F)(F)F)C(F)(F)C(F)(F)F. The van der Waals surface area contributed by atoms with E-state index in [1.54, 1.807) is 0 Å². The molecule has 0 aromatic carbocycles. The summed E-state index contributed by atoms with van der Waals surface area (Å²) >= 11 is 0. The van der Waals surface area contributed by atoms with Crippen LogP contribution in [0, 0.1) is 0 Å². The smallest absolute Gasteiger partial charge is 0.338 e. The Hall–Kier alpha value is -1.09. The molecule has 0 radical (unpaired) electrons. The molecule has 0 aliphatic heterocycles. The summed E-state index contributed by atoms with van der Waals surface area (Å²) in [7, 11) is -0.746. The normalized spacial score (nSPS) is 20.5. The molecule has 0 spiro atoms. The molecule has 16 heteroatoms. The first kappa shape index (κ1) is 22.9. The van der Waals surface area contributed by atoms with Gasteiger partial charge in [0, 0.05) is 7.11 Å². The molecule has 0 heterocycles. The first-order chi connectivity index (χ1) is 10.1. The predicted molar refractivity (Wildman–Crippen MR) is 42.7 cm³/mol. The lowest BCUT2D eigenvalue weighted by Gasteiger charge is -2.44. The van der Waals surface area contributed by atoms with Gasteiger partial charge in [-0.05, 0) is 0 Å². The average Bonchev–Trinajstić information content (AvgIpc) is 2.31. The predicted octanol–water partition coefficient (Wildman–Crippen LogP) is 4.96. The lowest BCUT2D eigenvalue weighted by molar-refractivity contribution is -0.482. The molecule has 0 amide bonds. The highest BCUT2D eigenvalue weighted by atomic mass is 19.4. The third kappa shape index (κ3) is 2.65. The second-order valence-corrected chi connectivity index (χ2v) is 4.10. The zero-order valence-electron chi connectivity index (χ0n) is 10.6. The van der Waals surface area contributed by atoms with Gasteiger partial charge in [-0.15, -0.1) is 0 Å². The van der Waals surface area contributed by atoms with Crippen molar-refractivity contribution in [3.05, 3.63) is 0 Å². The van der Waals surface area contributed by atoms with Crippen molar-refractivity contribution in [3.63, 3.8) is 0 Å². The van der Waals surface area contributed by atoms with Gasteiger partial charge in [0.15, 0.2) is 0 Å². The van der Waals surface area contributed by atoms with E-state index in [4.69, 9.17) is 0 Å². The summed E-state index contributed by atoms with van der Waals surface area (Å²) in [6.45, 7) is 0. The van der Waals surface area contributed by atoms with Gasteiger partial charge in [0.25, 0.3) is 0 Å². The molecule has 0 aromatic rings. The average molecular weight is 400 g/mol. The van der Waals surface area contributed by atoms with E-state index >= 15 is 0 Å². The fraction of sp³-hybridized carbons (Fsp3) is 1.00. The maximum atomic E-state index is 13.4. The van der Waals surface area contributed by atoms with E-state index in [1.807, 2.05) is 0 Å². The number of alkyl halides is 15. The van der Waals surface area contributed by atoms with E-state index in [2.05, 4.69) is 4.74 Å². The van der Waals surface area contributed by atoms with Crippen molar-refractivity contribution in [1.29, 1.82) is 0 Å². The van der Waals surface area contributed by atoms with Crippen molar-refractivity contribution < 1.29 is 70.6 Å². The molecule has 2 atom stereocenters. The van der Waals surface area contributed by atoms with Gasteiger partial charge in [0.1, 0.15) is 0 Å². The van der Waals surface area contributed by atoms with Crippen molar-refractivity contribution in [2.75, 3.05) is 7.11 Å². The Kier molecular flexibility index (Phi) is 5.21. The molecule has 0 fully saturated rings. The van der Waals surface area contributed by atoms with Crippen LogP contribution in [-0.2, 0) is 4.74 Å². The summed E-state index contributed by atoms with van der Waals surface area (Å²) in [6.07, 6.45) is -23.1. The molecule has 0 saturated heterocycles. The maximum Gasteiger partial charge on any atom is 0.457 e. The van der Waals surface area contributed by atoms with Crippen molar-refractivity contribution in [3.8, 4) is 0 Å². The van der Waals surface area contributed by atoms with Crippen LogP contribution in [0.25, 0.3) is 0 Å². The third-order valence-electron chi connectivity index (χ3n) is 2.66. The molecule has 0 aromatic heterocycles. The van der Waals surface area contributed by atoms with Crippen LogP contribution in [0.1, 0.15) is 0 Å². The van der Waals surface area contributed by atoms with Crippen LogP contribution < -0.4 is 0 Å². The Balaban J connectivity index is 6.95. The van der Waals surface area contributed by atoms with Gasteiger partial charge in [-0.3, -0.25) is 0 Å². The molecule has 0 saturated carbocycles. The molecular weight excluding hydrogens is 397 g/mol. The highest BCUT2D eigenvalue weighted by Gasteiger charge is 2.96. The number of hydrogen-bond donors (Lipinski definition) is 0. The first-order valence-corrected chi connectivity index (χ1v) is 4.95. The fourth-order valence-corrected chi connectivity index (χ4v) is 1.39. The van der Waals surface area contributed by atoms with Crippen LogP contribution in [0.3, 0.4) is 0 Å². The molecule has 0 N–H and O–H groups in total. The Bertz CT molecular complexity index is 458. The number of ether oxygens (including phenoxy) is 1. The molecule has 1 nitrogen and oxygen atoms in total. The first-order valence-electron chi connectivity index (χ1n) is 4.95. The Morgan fingerprint density at radius 1 is 0.458 bits per heavy atom. The summed E-state index contributed by atoms with van der Waals surface area (Å²) in [5.41, 5.74) is -8.36. The third-order valence-corrected chi connectivity index (χ3v) is 2.66. The second-order valence-electron chi connectivity index (χ2n) is 4.10. The number of rotatable bonds is 4. The summed E-state index contributed by atoms with van der Waals surface area (Å²) in [5.74, 6) is -23.5. The Morgan fingerprint density at radius 2 is 0.792 bits per heavy atom. The highest BCUT2D eigenvalue weighted by Crippen LogP contribution is 2.64. The van der Waals surface area contributed by atoms with E-state index in [1.165, 1.54) is 0 Å². The van der Waals surface area contributed by atoms with Crippen LogP contribution in [-0.4, -0.2) is 49.0 Å². The van der Waals surface area contributed by atoms with Crippen molar-refractivity contribution >= 4 is 0 Å². The zero-order valence-corrected chi connectivity index (χ0v) is 10.6. The molecule has 0 aliphatic rings.